The molecule has 0 aliphatic heterocycles. The van der Waals surface area contributed by atoms with Crippen molar-refractivity contribution in [2.24, 2.45) is 23.2 Å². The molecule has 2 bridgehead atoms. The van der Waals surface area contributed by atoms with Gasteiger partial charge in [0.15, 0.2) is 0 Å². The normalized spacial score (nSPS) is 46.5. The second-order valence-corrected chi connectivity index (χ2v) is 5.92. The van der Waals surface area contributed by atoms with Gasteiger partial charge in [0, 0.05) is 0 Å². The van der Waals surface area contributed by atoms with E-state index in [1.807, 2.05) is 5.57 Å². The zero-order valence-electron chi connectivity index (χ0n) is 9.77. The van der Waals surface area contributed by atoms with Crippen LogP contribution in [0, 0.1) is 23.2 Å². The number of rotatable bonds is 2. The Hall–Kier alpha value is -0.260. The third-order valence-corrected chi connectivity index (χ3v) is 5.59. The van der Waals surface area contributed by atoms with Gasteiger partial charge in [-0.2, -0.15) is 0 Å². The summed E-state index contributed by atoms with van der Waals surface area (Å²) < 4.78 is 0. The van der Waals surface area contributed by atoms with E-state index in [4.69, 9.17) is 0 Å². The molecule has 0 spiro atoms. The molecule has 2 fully saturated rings. The van der Waals surface area contributed by atoms with Crippen molar-refractivity contribution in [2.45, 2.75) is 52.9 Å². The molecule has 3 rings (SSSR count). The van der Waals surface area contributed by atoms with Crippen molar-refractivity contribution in [1.29, 1.82) is 0 Å². The summed E-state index contributed by atoms with van der Waals surface area (Å²) in [6.07, 6.45) is 7.39. The highest BCUT2D eigenvalue weighted by Gasteiger charge is 2.62. The van der Waals surface area contributed by atoms with Gasteiger partial charge in [-0.15, -0.1) is 0 Å². The molecule has 0 aromatic rings. The fourth-order valence-electron chi connectivity index (χ4n) is 4.90. The minimum absolute atomic E-state index is 0.710. The molecule has 0 aromatic heterocycles. The summed E-state index contributed by atoms with van der Waals surface area (Å²) in [5, 5.41) is 0. The van der Waals surface area contributed by atoms with Crippen molar-refractivity contribution >= 4 is 0 Å². The number of allylic oxidation sites excluding steroid dienone is 2. The Kier molecular flexibility index (Phi) is 1.70. The van der Waals surface area contributed by atoms with E-state index in [1.54, 1.807) is 12.0 Å². The third-order valence-electron chi connectivity index (χ3n) is 5.59. The molecule has 0 radical (unpaired) electrons. The van der Waals surface area contributed by atoms with E-state index in [2.05, 4.69) is 20.8 Å². The number of fused-ring (bicyclic) bond motifs is 2. The average Bonchev–Trinajstić information content (AvgIpc) is 2.26. The molecule has 2 saturated carbocycles. The molecule has 0 amide bonds. The van der Waals surface area contributed by atoms with Crippen LogP contribution >= 0.6 is 0 Å². The van der Waals surface area contributed by atoms with E-state index >= 15 is 0 Å². The van der Waals surface area contributed by atoms with Gasteiger partial charge in [0.1, 0.15) is 0 Å². The molecule has 4 unspecified atom stereocenters. The van der Waals surface area contributed by atoms with Gasteiger partial charge in [-0.1, -0.05) is 31.4 Å². The summed E-state index contributed by atoms with van der Waals surface area (Å²) in [6, 6.07) is 0. The molecule has 0 saturated heterocycles. The zero-order chi connectivity index (χ0) is 9.92. The molecule has 4 atom stereocenters. The Bertz CT molecular complexity index is 299. The molecule has 3 aliphatic rings. The van der Waals surface area contributed by atoms with Crippen LogP contribution in [0.1, 0.15) is 52.9 Å². The van der Waals surface area contributed by atoms with Gasteiger partial charge >= 0.3 is 0 Å². The summed E-state index contributed by atoms with van der Waals surface area (Å²) in [4.78, 5) is 0. The molecule has 0 heterocycles. The summed E-state index contributed by atoms with van der Waals surface area (Å²) in [6.45, 7) is 7.27. The Morgan fingerprint density at radius 3 is 2.86 bits per heavy atom. The zero-order valence-corrected chi connectivity index (χ0v) is 9.77. The van der Waals surface area contributed by atoms with Crippen LogP contribution in [0.15, 0.2) is 11.1 Å². The highest BCUT2D eigenvalue weighted by atomic mass is 14.7. The van der Waals surface area contributed by atoms with Gasteiger partial charge in [0.2, 0.25) is 0 Å². The monoisotopic (exact) mass is 190 g/mol. The maximum absolute atomic E-state index is 2.49. The minimum atomic E-state index is 0.710. The topological polar surface area (TPSA) is 0 Å². The van der Waals surface area contributed by atoms with Gasteiger partial charge in [0.05, 0.1) is 0 Å². The van der Waals surface area contributed by atoms with Crippen LogP contribution in [0.3, 0.4) is 0 Å². The molecule has 0 heteroatoms. The van der Waals surface area contributed by atoms with E-state index < -0.39 is 0 Å². The van der Waals surface area contributed by atoms with Gasteiger partial charge < -0.3 is 0 Å². The summed E-state index contributed by atoms with van der Waals surface area (Å²) in [5.41, 5.74) is 4.43. The molecular weight excluding hydrogens is 168 g/mol. The first-order chi connectivity index (χ1) is 6.70. The summed E-state index contributed by atoms with van der Waals surface area (Å²) in [7, 11) is 0. The Balaban J connectivity index is 2.03. The number of hydrogen-bond donors (Lipinski definition) is 0. The minimum Gasteiger partial charge on any atom is -0.0729 e. The lowest BCUT2D eigenvalue weighted by Gasteiger charge is -2.59. The third kappa shape index (κ3) is 0.777. The van der Waals surface area contributed by atoms with E-state index in [9.17, 15) is 0 Å². The Morgan fingerprint density at radius 1 is 1.43 bits per heavy atom. The fraction of sp³-hybridized carbons (Fsp3) is 0.857. The van der Waals surface area contributed by atoms with Crippen molar-refractivity contribution in [3.8, 4) is 0 Å². The molecule has 0 N–H and O–H groups in total. The van der Waals surface area contributed by atoms with Crippen LogP contribution in [0.4, 0.5) is 0 Å². The van der Waals surface area contributed by atoms with Crippen molar-refractivity contribution in [1.82, 2.24) is 0 Å². The lowest BCUT2D eigenvalue weighted by atomic mass is 9.45. The highest BCUT2D eigenvalue weighted by molar-refractivity contribution is 5.41. The van der Waals surface area contributed by atoms with Crippen LogP contribution in [-0.4, -0.2) is 0 Å². The smallest absolute Gasteiger partial charge is 0.00203 e. The molecule has 14 heavy (non-hydrogen) atoms. The first-order valence-electron chi connectivity index (χ1n) is 6.40. The van der Waals surface area contributed by atoms with E-state index in [0.717, 1.165) is 17.8 Å². The molecule has 78 valence electrons. The van der Waals surface area contributed by atoms with E-state index in [1.165, 1.54) is 25.7 Å². The van der Waals surface area contributed by atoms with Crippen molar-refractivity contribution in [3.63, 3.8) is 0 Å². The largest absolute Gasteiger partial charge is 0.0729 e. The molecule has 3 aliphatic carbocycles. The quantitative estimate of drug-likeness (QED) is 0.573. The number of hydrogen-bond acceptors (Lipinski definition) is 0. The molecule has 0 nitrogen and oxygen atoms in total. The van der Waals surface area contributed by atoms with Crippen LogP contribution in [0.2, 0.25) is 0 Å². The highest BCUT2D eigenvalue weighted by Crippen LogP contribution is 2.72. The maximum atomic E-state index is 2.49. The van der Waals surface area contributed by atoms with Crippen molar-refractivity contribution in [3.05, 3.63) is 11.1 Å². The lowest BCUT2D eigenvalue weighted by molar-refractivity contribution is -0.0138. The fourth-order valence-corrected chi connectivity index (χ4v) is 4.90. The van der Waals surface area contributed by atoms with E-state index in [0.29, 0.717) is 5.41 Å². The Labute approximate surface area is 87.8 Å². The first-order valence-corrected chi connectivity index (χ1v) is 6.40. The van der Waals surface area contributed by atoms with Crippen molar-refractivity contribution in [2.75, 3.05) is 0 Å². The standard InChI is InChI=1S/C14H22/c1-4-10(3)14-8-11-5-6-12(14)7-9(2)13(11)14/h10-12H,4-8H2,1-3H3. The van der Waals surface area contributed by atoms with Gasteiger partial charge in [-0.05, 0) is 55.8 Å². The van der Waals surface area contributed by atoms with Crippen LogP contribution < -0.4 is 0 Å². The van der Waals surface area contributed by atoms with Gasteiger partial charge in [0.25, 0.3) is 0 Å². The SMILES string of the molecule is CCC(C)C12CC3CCC1CC(C)=C32. The summed E-state index contributed by atoms with van der Waals surface area (Å²) in [5.74, 6) is 3.00. The van der Waals surface area contributed by atoms with E-state index in [-0.39, 0.29) is 0 Å². The van der Waals surface area contributed by atoms with Gasteiger partial charge in [-0.25, -0.2) is 0 Å². The van der Waals surface area contributed by atoms with Crippen molar-refractivity contribution < 1.29 is 0 Å². The predicted octanol–water partition coefficient (Wildman–Crippen LogP) is 4.17. The van der Waals surface area contributed by atoms with Crippen LogP contribution in [0.5, 0.6) is 0 Å². The second kappa shape index (κ2) is 2.65. The van der Waals surface area contributed by atoms with Crippen LogP contribution in [-0.2, 0) is 0 Å². The molecular formula is C14H22. The lowest BCUT2D eigenvalue weighted by Crippen LogP contribution is -2.51. The van der Waals surface area contributed by atoms with Crippen LogP contribution in [0.25, 0.3) is 0 Å². The summed E-state index contributed by atoms with van der Waals surface area (Å²) >= 11 is 0. The maximum Gasteiger partial charge on any atom is -0.00203 e. The molecule has 0 aromatic carbocycles. The predicted molar refractivity (Wildman–Crippen MR) is 60.0 cm³/mol. The second-order valence-electron chi connectivity index (χ2n) is 5.92. The first kappa shape index (κ1) is 9.00. The Morgan fingerprint density at radius 2 is 2.21 bits per heavy atom. The van der Waals surface area contributed by atoms with Gasteiger partial charge in [-0.3, -0.25) is 0 Å². The average molecular weight is 190 g/mol.